The Bertz CT molecular complexity index is 772. The fourth-order valence-electron chi connectivity index (χ4n) is 2.52. The number of hydrogen-bond acceptors (Lipinski definition) is 5. The molecule has 5 nitrogen and oxygen atoms in total. The molecule has 0 aliphatic rings. The van der Waals surface area contributed by atoms with E-state index in [-0.39, 0.29) is 5.97 Å². The molecule has 7 heteroatoms. The van der Waals surface area contributed by atoms with Gasteiger partial charge in [0.2, 0.25) is 0 Å². The number of carbonyl (C=O) groups excluding carboxylic acids is 1. The van der Waals surface area contributed by atoms with Gasteiger partial charge >= 0.3 is 5.97 Å². The summed E-state index contributed by atoms with van der Waals surface area (Å²) in [6, 6.07) is 7.56. The van der Waals surface area contributed by atoms with Gasteiger partial charge in [0, 0.05) is 4.88 Å². The minimum atomic E-state index is -0.360. The molecule has 0 bridgehead atoms. The van der Waals surface area contributed by atoms with E-state index in [9.17, 15) is 4.79 Å². The van der Waals surface area contributed by atoms with Crippen molar-refractivity contribution in [3.05, 3.63) is 40.3 Å². The Kier molecular flexibility index (Phi) is 6.78. The molecule has 0 amide bonds. The first-order valence-corrected chi connectivity index (χ1v) is 9.24. The standard InChI is InChI=1S/C18H22N2O3S2/c1-5-12-11(3)25-16(15(12)17(21)22-4)20-18(24)19-13-9-7-8-10-14(13)23-6-2/h7-10H,5-6H2,1-4H3,(H2,19,20,24). The van der Waals surface area contributed by atoms with Gasteiger partial charge in [-0.2, -0.15) is 0 Å². The van der Waals surface area contributed by atoms with Crippen LogP contribution in [-0.2, 0) is 11.2 Å². The summed E-state index contributed by atoms with van der Waals surface area (Å²) in [5.41, 5.74) is 2.30. The predicted molar refractivity (Wildman–Crippen MR) is 107 cm³/mol. The molecule has 25 heavy (non-hydrogen) atoms. The van der Waals surface area contributed by atoms with Gasteiger partial charge in [-0.15, -0.1) is 11.3 Å². The van der Waals surface area contributed by atoms with E-state index >= 15 is 0 Å². The number of esters is 1. The summed E-state index contributed by atoms with van der Waals surface area (Å²) in [5.74, 6) is 0.361. The van der Waals surface area contributed by atoms with Crippen molar-refractivity contribution in [2.45, 2.75) is 27.2 Å². The van der Waals surface area contributed by atoms with Crippen LogP contribution >= 0.6 is 23.6 Å². The van der Waals surface area contributed by atoms with E-state index in [0.29, 0.717) is 22.3 Å². The van der Waals surface area contributed by atoms with E-state index < -0.39 is 0 Å². The molecule has 0 saturated carbocycles. The van der Waals surface area contributed by atoms with Gasteiger partial charge in [-0.3, -0.25) is 0 Å². The molecule has 134 valence electrons. The summed E-state index contributed by atoms with van der Waals surface area (Å²) in [5, 5.41) is 7.32. The van der Waals surface area contributed by atoms with Crippen LogP contribution in [0.5, 0.6) is 5.75 Å². The van der Waals surface area contributed by atoms with Crippen LogP contribution in [0.15, 0.2) is 24.3 Å². The summed E-state index contributed by atoms with van der Waals surface area (Å²) in [6.07, 6.45) is 0.752. The number of benzene rings is 1. The average molecular weight is 379 g/mol. The van der Waals surface area contributed by atoms with Crippen molar-refractivity contribution >= 4 is 45.3 Å². The first kappa shape index (κ1) is 19.2. The van der Waals surface area contributed by atoms with E-state index in [4.69, 9.17) is 21.7 Å². The van der Waals surface area contributed by atoms with E-state index in [2.05, 4.69) is 10.6 Å². The number of ether oxygens (including phenoxy) is 2. The summed E-state index contributed by atoms with van der Waals surface area (Å²) < 4.78 is 10.5. The molecule has 1 aromatic heterocycles. The highest BCUT2D eigenvalue weighted by molar-refractivity contribution is 7.80. The molecule has 0 unspecified atom stereocenters. The number of thiocarbonyl (C=S) groups is 1. The lowest BCUT2D eigenvalue weighted by Gasteiger charge is -2.14. The number of aryl methyl sites for hydroxylation is 1. The van der Waals surface area contributed by atoms with Gasteiger partial charge in [0.1, 0.15) is 10.8 Å². The Labute approximate surface area is 157 Å². The minimum absolute atomic E-state index is 0.360. The van der Waals surface area contributed by atoms with Crippen molar-refractivity contribution in [3.8, 4) is 5.75 Å². The average Bonchev–Trinajstić information content (AvgIpc) is 2.91. The molecule has 0 saturated heterocycles. The van der Waals surface area contributed by atoms with Crippen LogP contribution in [-0.4, -0.2) is 24.8 Å². The predicted octanol–water partition coefficient (Wildman–Crippen LogP) is 4.61. The van der Waals surface area contributed by atoms with Gasteiger partial charge in [0.25, 0.3) is 0 Å². The highest BCUT2D eigenvalue weighted by atomic mass is 32.1. The first-order chi connectivity index (χ1) is 12.0. The zero-order chi connectivity index (χ0) is 18.4. The van der Waals surface area contributed by atoms with Crippen molar-refractivity contribution in [2.24, 2.45) is 0 Å². The molecule has 2 aromatic rings. The van der Waals surface area contributed by atoms with Crippen LogP contribution in [0.2, 0.25) is 0 Å². The van der Waals surface area contributed by atoms with Crippen LogP contribution in [0.1, 0.15) is 34.6 Å². The molecule has 0 spiro atoms. The molecule has 0 fully saturated rings. The molecule has 0 aliphatic carbocycles. The maximum atomic E-state index is 12.2. The molecule has 2 N–H and O–H groups in total. The normalized spacial score (nSPS) is 10.2. The third-order valence-electron chi connectivity index (χ3n) is 3.61. The second kappa shape index (κ2) is 8.82. The Morgan fingerprint density at radius 3 is 2.60 bits per heavy atom. The fourth-order valence-corrected chi connectivity index (χ4v) is 3.93. The van der Waals surface area contributed by atoms with Gasteiger partial charge < -0.3 is 20.1 Å². The summed E-state index contributed by atoms with van der Waals surface area (Å²) in [7, 11) is 1.38. The monoisotopic (exact) mass is 378 g/mol. The Hall–Kier alpha value is -2.12. The van der Waals surface area contributed by atoms with Gasteiger partial charge in [-0.1, -0.05) is 19.1 Å². The lowest BCUT2D eigenvalue weighted by Crippen LogP contribution is -2.20. The molecule has 1 aromatic carbocycles. The minimum Gasteiger partial charge on any atom is -0.492 e. The van der Waals surface area contributed by atoms with Crippen molar-refractivity contribution in [3.63, 3.8) is 0 Å². The summed E-state index contributed by atoms with van der Waals surface area (Å²) in [6.45, 7) is 6.49. The van der Waals surface area contributed by atoms with Gasteiger partial charge in [-0.05, 0) is 50.2 Å². The first-order valence-electron chi connectivity index (χ1n) is 8.02. The maximum Gasteiger partial charge on any atom is 0.341 e. The number of para-hydroxylation sites is 2. The molecule has 0 aliphatic heterocycles. The van der Waals surface area contributed by atoms with Crippen molar-refractivity contribution < 1.29 is 14.3 Å². The largest absolute Gasteiger partial charge is 0.492 e. The molecular weight excluding hydrogens is 356 g/mol. The third-order valence-corrected chi connectivity index (χ3v) is 4.88. The summed E-state index contributed by atoms with van der Waals surface area (Å²) >= 11 is 6.90. The van der Waals surface area contributed by atoms with Crippen LogP contribution in [0, 0.1) is 6.92 Å². The number of methoxy groups -OCH3 is 1. The van der Waals surface area contributed by atoms with E-state index in [1.165, 1.54) is 18.4 Å². The van der Waals surface area contributed by atoms with Crippen molar-refractivity contribution in [2.75, 3.05) is 24.4 Å². The van der Waals surface area contributed by atoms with Gasteiger partial charge in [0.15, 0.2) is 5.11 Å². The molecule has 2 rings (SSSR count). The van der Waals surface area contributed by atoms with Crippen LogP contribution in [0.4, 0.5) is 10.7 Å². The van der Waals surface area contributed by atoms with E-state index in [1.807, 2.05) is 45.0 Å². The van der Waals surface area contributed by atoms with Crippen LogP contribution in [0.3, 0.4) is 0 Å². The van der Waals surface area contributed by atoms with E-state index in [0.717, 1.165) is 28.3 Å². The third kappa shape index (κ3) is 4.49. The number of rotatable bonds is 6. The highest BCUT2D eigenvalue weighted by Crippen LogP contribution is 2.34. The lowest BCUT2D eigenvalue weighted by atomic mass is 10.1. The second-order valence-electron chi connectivity index (χ2n) is 5.19. The van der Waals surface area contributed by atoms with Gasteiger partial charge in [0.05, 0.1) is 25.0 Å². The molecule has 0 radical (unpaired) electrons. The zero-order valence-corrected chi connectivity index (χ0v) is 16.4. The Morgan fingerprint density at radius 2 is 1.96 bits per heavy atom. The quantitative estimate of drug-likeness (QED) is 0.565. The Morgan fingerprint density at radius 1 is 1.24 bits per heavy atom. The molecule has 1 heterocycles. The van der Waals surface area contributed by atoms with Crippen molar-refractivity contribution in [1.29, 1.82) is 0 Å². The summed E-state index contributed by atoms with van der Waals surface area (Å²) in [4.78, 5) is 13.2. The fraction of sp³-hybridized carbons (Fsp3) is 0.333. The lowest BCUT2D eigenvalue weighted by molar-refractivity contribution is 0.0601. The maximum absolute atomic E-state index is 12.2. The molecule has 0 atom stereocenters. The number of carbonyl (C=O) groups is 1. The number of hydrogen-bond donors (Lipinski definition) is 2. The second-order valence-corrected chi connectivity index (χ2v) is 6.83. The highest BCUT2D eigenvalue weighted by Gasteiger charge is 2.22. The number of anilines is 2. The zero-order valence-electron chi connectivity index (χ0n) is 14.8. The van der Waals surface area contributed by atoms with Crippen molar-refractivity contribution in [1.82, 2.24) is 0 Å². The number of nitrogens with one attached hydrogen (secondary N) is 2. The number of thiophene rings is 1. The topological polar surface area (TPSA) is 59.6 Å². The SMILES string of the molecule is CCOc1ccccc1NC(=S)Nc1sc(C)c(CC)c1C(=O)OC. The van der Waals surface area contributed by atoms with E-state index in [1.54, 1.807) is 0 Å². The van der Waals surface area contributed by atoms with Crippen LogP contribution in [0.25, 0.3) is 0 Å². The van der Waals surface area contributed by atoms with Crippen LogP contribution < -0.4 is 15.4 Å². The van der Waals surface area contributed by atoms with Gasteiger partial charge in [-0.25, -0.2) is 4.79 Å². The molecular formula is C18H22N2O3S2. The smallest absolute Gasteiger partial charge is 0.341 e. The Balaban J connectivity index is 2.23.